The van der Waals surface area contributed by atoms with Crippen molar-refractivity contribution in [2.45, 2.75) is 12.5 Å². The van der Waals surface area contributed by atoms with Gasteiger partial charge in [-0.1, -0.05) is 6.07 Å². The topological polar surface area (TPSA) is 32.3 Å². The van der Waals surface area contributed by atoms with E-state index in [2.05, 4.69) is 5.32 Å². The molecule has 1 N–H and O–H groups in total. The number of nitrogens with zero attached hydrogens (tertiary/aromatic N) is 1. The highest BCUT2D eigenvalue weighted by Gasteiger charge is 2.26. The Labute approximate surface area is 98.4 Å². The van der Waals surface area contributed by atoms with Gasteiger partial charge >= 0.3 is 0 Å². The number of carbonyl (C=O) groups is 1. The van der Waals surface area contributed by atoms with E-state index < -0.39 is 17.5 Å². The fraction of sp³-hybridized carbons (Fsp3) is 0.417. The van der Waals surface area contributed by atoms with E-state index in [0.717, 1.165) is 19.0 Å². The van der Waals surface area contributed by atoms with Crippen LogP contribution in [0.5, 0.6) is 0 Å². The van der Waals surface area contributed by atoms with E-state index in [4.69, 9.17) is 0 Å². The van der Waals surface area contributed by atoms with Crippen molar-refractivity contribution in [3.8, 4) is 0 Å². The Morgan fingerprint density at radius 3 is 2.88 bits per heavy atom. The first-order chi connectivity index (χ1) is 8.11. The first-order valence-corrected chi connectivity index (χ1v) is 5.53. The highest BCUT2D eigenvalue weighted by molar-refractivity contribution is 5.94. The molecule has 1 amide bonds. The van der Waals surface area contributed by atoms with Gasteiger partial charge in [-0.3, -0.25) is 4.79 Å². The molecule has 92 valence electrons. The van der Waals surface area contributed by atoms with Gasteiger partial charge in [0.05, 0.1) is 5.56 Å². The Morgan fingerprint density at radius 1 is 1.47 bits per heavy atom. The summed E-state index contributed by atoms with van der Waals surface area (Å²) in [6.45, 7) is 1.53. The minimum absolute atomic E-state index is 0.0465. The van der Waals surface area contributed by atoms with Crippen LogP contribution in [0.1, 0.15) is 16.8 Å². The molecule has 0 unspecified atom stereocenters. The summed E-state index contributed by atoms with van der Waals surface area (Å²) in [7, 11) is 1.62. The lowest BCUT2D eigenvalue weighted by atomic mass is 10.1. The molecule has 1 atom stereocenters. The number of likely N-dealkylation sites (N-methyl/N-ethyl adjacent to an activating group) is 1. The Hall–Kier alpha value is -1.49. The van der Waals surface area contributed by atoms with E-state index in [-0.39, 0.29) is 11.6 Å². The van der Waals surface area contributed by atoms with E-state index in [9.17, 15) is 13.6 Å². The maximum absolute atomic E-state index is 13.5. The zero-order valence-electron chi connectivity index (χ0n) is 9.54. The number of hydrogen-bond donors (Lipinski definition) is 1. The standard InChI is InChI=1S/C12H14F2N2O/c1-16(8-5-6-15-7-8)12(17)9-3-2-4-10(13)11(9)14/h2-4,8,15H,5-7H2,1H3/t8-/m0/s1. The van der Waals surface area contributed by atoms with Crippen LogP contribution in [0.15, 0.2) is 18.2 Å². The van der Waals surface area contributed by atoms with Crippen molar-refractivity contribution in [1.82, 2.24) is 10.2 Å². The summed E-state index contributed by atoms with van der Waals surface area (Å²) in [5.74, 6) is -2.54. The number of nitrogens with one attached hydrogen (secondary N) is 1. The van der Waals surface area contributed by atoms with Gasteiger partial charge in [-0.15, -0.1) is 0 Å². The van der Waals surface area contributed by atoms with Crippen LogP contribution < -0.4 is 5.32 Å². The maximum atomic E-state index is 13.5. The lowest BCUT2D eigenvalue weighted by Gasteiger charge is -2.24. The van der Waals surface area contributed by atoms with Crippen LogP contribution in [0, 0.1) is 11.6 Å². The van der Waals surface area contributed by atoms with Crippen LogP contribution in [-0.2, 0) is 0 Å². The SMILES string of the molecule is CN(C(=O)c1cccc(F)c1F)[C@H]1CCNC1. The van der Waals surface area contributed by atoms with E-state index >= 15 is 0 Å². The molecule has 0 saturated carbocycles. The number of carbonyl (C=O) groups excluding carboxylic acids is 1. The van der Waals surface area contributed by atoms with Crippen LogP contribution in [-0.4, -0.2) is 37.0 Å². The van der Waals surface area contributed by atoms with Crippen molar-refractivity contribution < 1.29 is 13.6 Å². The van der Waals surface area contributed by atoms with E-state index in [0.29, 0.717) is 6.54 Å². The molecule has 1 aromatic rings. The van der Waals surface area contributed by atoms with E-state index in [1.807, 2.05) is 0 Å². The van der Waals surface area contributed by atoms with Crippen LogP contribution >= 0.6 is 0 Å². The molecule has 1 saturated heterocycles. The highest BCUT2D eigenvalue weighted by atomic mass is 19.2. The molecule has 0 radical (unpaired) electrons. The summed E-state index contributed by atoms with van der Waals surface area (Å²) in [5.41, 5.74) is -0.209. The fourth-order valence-corrected chi connectivity index (χ4v) is 1.99. The van der Waals surface area contributed by atoms with Gasteiger partial charge in [-0.2, -0.15) is 0 Å². The van der Waals surface area contributed by atoms with Gasteiger partial charge in [-0.05, 0) is 25.1 Å². The molecule has 1 aliphatic rings. The second-order valence-electron chi connectivity index (χ2n) is 4.16. The smallest absolute Gasteiger partial charge is 0.256 e. The number of benzene rings is 1. The van der Waals surface area contributed by atoms with Gasteiger partial charge in [0.15, 0.2) is 11.6 Å². The Bertz CT molecular complexity index is 431. The average molecular weight is 240 g/mol. The van der Waals surface area contributed by atoms with E-state index in [1.54, 1.807) is 7.05 Å². The van der Waals surface area contributed by atoms with Crippen molar-refractivity contribution in [1.29, 1.82) is 0 Å². The second-order valence-corrected chi connectivity index (χ2v) is 4.16. The van der Waals surface area contributed by atoms with Gasteiger partial charge in [0.25, 0.3) is 5.91 Å². The van der Waals surface area contributed by atoms with Crippen molar-refractivity contribution >= 4 is 5.91 Å². The summed E-state index contributed by atoms with van der Waals surface area (Å²) in [5, 5.41) is 3.12. The molecule has 3 nitrogen and oxygen atoms in total. The van der Waals surface area contributed by atoms with Crippen molar-refractivity contribution in [2.75, 3.05) is 20.1 Å². The van der Waals surface area contributed by atoms with E-state index in [1.165, 1.54) is 17.0 Å². The predicted molar refractivity (Wildman–Crippen MR) is 59.7 cm³/mol. The molecule has 1 aromatic carbocycles. The highest BCUT2D eigenvalue weighted by Crippen LogP contribution is 2.16. The molecular weight excluding hydrogens is 226 g/mol. The minimum Gasteiger partial charge on any atom is -0.337 e. The van der Waals surface area contributed by atoms with Crippen LogP contribution in [0.3, 0.4) is 0 Å². The second kappa shape index (κ2) is 4.79. The molecular formula is C12H14F2N2O. The summed E-state index contributed by atoms with van der Waals surface area (Å²) in [6, 6.07) is 3.69. The van der Waals surface area contributed by atoms with Crippen molar-refractivity contribution in [3.63, 3.8) is 0 Å². The summed E-state index contributed by atoms with van der Waals surface area (Å²) >= 11 is 0. The zero-order chi connectivity index (χ0) is 12.4. The zero-order valence-corrected chi connectivity index (χ0v) is 9.54. The van der Waals surface area contributed by atoms with Gasteiger partial charge in [0, 0.05) is 19.6 Å². The lowest BCUT2D eigenvalue weighted by molar-refractivity contribution is 0.0738. The monoisotopic (exact) mass is 240 g/mol. The lowest BCUT2D eigenvalue weighted by Crippen LogP contribution is -2.38. The van der Waals surface area contributed by atoms with Crippen LogP contribution in [0.4, 0.5) is 8.78 Å². The molecule has 5 heteroatoms. The maximum Gasteiger partial charge on any atom is 0.256 e. The molecule has 1 fully saturated rings. The third-order valence-corrected chi connectivity index (χ3v) is 3.08. The molecule has 1 aliphatic heterocycles. The average Bonchev–Trinajstić information content (AvgIpc) is 2.84. The normalized spacial score (nSPS) is 19.4. The number of halogens is 2. The number of amides is 1. The summed E-state index contributed by atoms with van der Waals surface area (Å²) in [6.07, 6.45) is 0.833. The fourth-order valence-electron chi connectivity index (χ4n) is 1.99. The Morgan fingerprint density at radius 2 is 2.24 bits per heavy atom. The molecule has 0 aromatic heterocycles. The third-order valence-electron chi connectivity index (χ3n) is 3.08. The predicted octanol–water partition coefficient (Wildman–Crippen LogP) is 1.40. The van der Waals surface area contributed by atoms with Gasteiger partial charge in [0.1, 0.15) is 0 Å². The Balaban J connectivity index is 2.21. The quantitative estimate of drug-likeness (QED) is 0.847. The first-order valence-electron chi connectivity index (χ1n) is 5.53. The molecule has 0 bridgehead atoms. The van der Waals surface area contributed by atoms with Crippen LogP contribution in [0.2, 0.25) is 0 Å². The molecule has 0 spiro atoms. The molecule has 0 aliphatic carbocycles. The van der Waals surface area contributed by atoms with Gasteiger partial charge in [0.2, 0.25) is 0 Å². The summed E-state index contributed by atoms with van der Waals surface area (Å²) in [4.78, 5) is 13.5. The number of rotatable bonds is 2. The van der Waals surface area contributed by atoms with Gasteiger partial charge < -0.3 is 10.2 Å². The molecule has 1 heterocycles. The van der Waals surface area contributed by atoms with Crippen LogP contribution in [0.25, 0.3) is 0 Å². The number of hydrogen-bond acceptors (Lipinski definition) is 2. The molecule has 2 rings (SSSR count). The van der Waals surface area contributed by atoms with Crippen molar-refractivity contribution in [3.05, 3.63) is 35.4 Å². The Kier molecular flexibility index (Phi) is 3.38. The van der Waals surface area contributed by atoms with Crippen molar-refractivity contribution in [2.24, 2.45) is 0 Å². The largest absolute Gasteiger partial charge is 0.337 e. The molecule has 17 heavy (non-hydrogen) atoms. The minimum atomic E-state index is -1.07. The van der Waals surface area contributed by atoms with Gasteiger partial charge in [-0.25, -0.2) is 8.78 Å². The summed E-state index contributed by atoms with van der Waals surface area (Å²) < 4.78 is 26.5. The first kappa shape index (κ1) is 12.0. The third kappa shape index (κ3) is 2.29.